The average Bonchev–Trinajstić information content (AvgIpc) is 2.66. The Bertz CT molecular complexity index is 192. The normalized spacial score (nSPS) is 24.2. The van der Waals surface area contributed by atoms with E-state index in [4.69, 9.17) is 19.3 Å². The monoisotopic (exact) mass is 218 g/mol. The highest BCUT2D eigenvalue weighted by molar-refractivity contribution is 5.84. The minimum absolute atomic E-state index is 0.0463. The highest BCUT2D eigenvalue weighted by Gasteiger charge is 2.23. The van der Waals surface area contributed by atoms with E-state index in [2.05, 4.69) is 6.58 Å². The molecule has 0 amide bonds. The van der Waals surface area contributed by atoms with Crippen molar-refractivity contribution in [3.05, 3.63) is 12.2 Å². The fraction of sp³-hybridized carbons (Fsp3) is 0.700. The molecule has 2 unspecified atom stereocenters. The highest BCUT2D eigenvalue weighted by atomic mass is 16.8. The third-order valence-corrected chi connectivity index (χ3v) is 1.83. The molecule has 1 heterocycles. The van der Waals surface area contributed by atoms with Crippen LogP contribution < -0.4 is 0 Å². The smallest absolute Gasteiger partial charge is 0.330 e. The minimum Gasteiger partial charge on any atom is -0.478 e. The van der Waals surface area contributed by atoms with Gasteiger partial charge in [-0.25, -0.2) is 4.79 Å². The molecule has 2 atom stereocenters. The lowest BCUT2D eigenvalue weighted by Gasteiger charge is -2.09. The van der Waals surface area contributed by atoms with E-state index in [1.165, 1.54) is 6.92 Å². The van der Waals surface area contributed by atoms with Gasteiger partial charge in [-0.2, -0.15) is 0 Å². The molecular weight excluding hydrogens is 200 g/mol. The lowest BCUT2D eigenvalue weighted by molar-refractivity contribution is -0.185. The number of ether oxygens (including phenoxy) is 3. The van der Waals surface area contributed by atoms with Crippen molar-refractivity contribution in [2.45, 2.75) is 32.3 Å². The van der Waals surface area contributed by atoms with Crippen LogP contribution in [0.3, 0.4) is 0 Å². The summed E-state index contributed by atoms with van der Waals surface area (Å²) in [5.74, 6) is -0.935. The van der Waals surface area contributed by atoms with Gasteiger partial charge in [0.05, 0.1) is 0 Å². The van der Waals surface area contributed by atoms with Crippen LogP contribution in [-0.2, 0) is 19.0 Å². The predicted molar refractivity (Wildman–Crippen MR) is 54.4 cm³/mol. The number of hydrogen-bond acceptors (Lipinski definition) is 4. The molecule has 1 aliphatic rings. The molecule has 0 radical (unpaired) electrons. The second-order valence-electron chi connectivity index (χ2n) is 3.13. The molecule has 0 aliphatic carbocycles. The molecule has 1 saturated heterocycles. The van der Waals surface area contributed by atoms with E-state index < -0.39 is 5.97 Å². The molecule has 5 nitrogen and oxygen atoms in total. The average molecular weight is 218 g/mol. The Morgan fingerprint density at radius 3 is 1.80 bits per heavy atom. The van der Waals surface area contributed by atoms with Crippen molar-refractivity contribution in [3.63, 3.8) is 0 Å². The third-order valence-electron chi connectivity index (χ3n) is 1.83. The molecule has 0 aromatic carbocycles. The number of carboxylic acid groups (broad SMARTS) is 1. The van der Waals surface area contributed by atoms with Crippen LogP contribution in [0.4, 0.5) is 0 Å². The topological polar surface area (TPSA) is 65.0 Å². The maximum absolute atomic E-state index is 9.60. The second kappa shape index (κ2) is 7.39. The van der Waals surface area contributed by atoms with Gasteiger partial charge in [-0.05, 0) is 6.92 Å². The van der Waals surface area contributed by atoms with E-state index in [0.717, 1.165) is 12.8 Å². The Morgan fingerprint density at radius 2 is 1.67 bits per heavy atom. The lowest BCUT2D eigenvalue weighted by atomic mass is 10.3. The maximum Gasteiger partial charge on any atom is 0.330 e. The zero-order valence-corrected chi connectivity index (χ0v) is 9.36. The minimum atomic E-state index is -0.935. The molecule has 5 heteroatoms. The number of carboxylic acids is 1. The summed E-state index contributed by atoms with van der Waals surface area (Å²) in [6, 6.07) is 0. The van der Waals surface area contributed by atoms with Gasteiger partial charge in [-0.15, -0.1) is 0 Å². The maximum atomic E-state index is 9.60. The Morgan fingerprint density at radius 1 is 1.33 bits per heavy atom. The van der Waals surface area contributed by atoms with Gasteiger partial charge in [-0.3, -0.25) is 0 Å². The fourth-order valence-electron chi connectivity index (χ4n) is 0.924. The van der Waals surface area contributed by atoms with Crippen LogP contribution in [0.2, 0.25) is 0 Å². The summed E-state index contributed by atoms with van der Waals surface area (Å²) >= 11 is 0. The van der Waals surface area contributed by atoms with E-state index >= 15 is 0 Å². The van der Waals surface area contributed by atoms with E-state index in [1.54, 1.807) is 14.2 Å². The first-order valence-electron chi connectivity index (χ1n) is 4.61. The summed E-state index contributed by atoms with van der Waals surface area (Å²) < 4.78 is 15.1. The molecular formula is C10H18O5. The molecule has 0 bridgehead atoms. The van der Waals surface area contributed by atoms with Gasteiger partial charge in [0.25, 0.3) is 0 Å². The third kappa shape index (κ3) is 6.22. The number of methoxy groups -OCH3 is 2. The Kier molecular flexibility index (Phi) is 6.94. The standard InChI is InChI=1S/C6H12O3.C4H6O2/c1-7-5-3-4-6(8-2)9-5;1-3(2)4(5)6/h5-6H,3-4H2,1-2H3;1H2,2H3,(H,5,6). The fourth-order valence-corrected chi connectivity index (χ4v) is 0.924. The van der Waals surface area contributed by atoms with E-state index in [0.29, 0.717) is 0 Å². The Balaban J connectivity index is 0.000000288. The van der Waals surface area contributed by atoms with Crippen molar-refractivity contribution < 1.29 is 24.1 Å². The quantitative estimate of drug-likeness (QED) is 0.725. The highest BCUT2D eigenvalue weighted by Crippen LogP contribution is 2.19. The van der Waals surface area contributed by atoms with Crippen LogP contribution in [0.5, 0.6) is 0 Å². The van der Waals surface area contributed by atoms with Crippen LogP contribution in [0, 0.1) is 0 Å². The molecule has 0 saturated carbocycles. The number of hydrogen-bond donors (Lipinski definition) is 1. The van der Waals surface area contributed by atoms with Gasteiger partial charge in [0, 0.05) is 32.6 Å². The van der Waals surface area contributed by atoms with Crippen LogP contribution >= 0.6 is 0 Å². The van der Waals surface area contributed by atoms with E-state index in [1.807, 2.05) is 0 Å². The zero-order chi connectivity index (χ0) is 11.8. The van der Waals surface area contributed by atoms with Crippen molar-refractivity contribution in [1.82, 2.24) is 0 Å². The van der Waals surface area contributed by atoms with Crippen LogP contribution in [-0.4, -0.2) is 37.9 Å². The van der Waals surface area contributed by atoms with Crippen molar-refractivity contribution in [3.8, 4) is 0 Å². The van der Waals surface area contributed by atoms with Gasteiger partial charge in [0.15, 0.2) is 12.6 Å². The number of carbonyl (C=O) groups is 1. The molecule has 88 valence electrons. The first-order valence-corrected chi connectivity index (χ1v) is 4.61. The first-order chi connectivity index (χ1) is 7.01. The number of aliphatic carboxylic acids is 1. The van der Waals surface area contributed by atoms with E-state index in [9.17, 15) is 4.79 Å². The summed E-state index contributed by atoms with van der Waals surface area (Å²) in [5, 5.41) is 7.89. The number of rotatable bonds is 3. The molecule has 1 aliphatic heterocycles. The molecule has 0 spiro atoms. The SMILES string of the molecule is C=C(C)C(=O)O.COC1CCC(OC)O1. The van der Waals surface area contributed by atoms with Crippen molar-refractivity contribution in [2.75, 3.05) is 14.2 Å². The first kappa shape index (κ1) is 14.1. The lowest BCUT2D eigenvalue weighted by Crippen LogP contribution is -2.13. The van der Waals surface area contributed by atoms with Gasteiger partial charge >= 0.3 is 5.97 Å². The second-order valence-corrected chi connectivity index (χ2v) is 3.13. The predicted octanol–water partition coefficient (Wildman–Crippen LogP) is 1.39. The van der Waals surface area contributed by atoms with Gasteiger partial charge in [0.2, 0.25) is 0 Å². The summed E-state index contributed by atoms with van der Waals surface area (Å²) in [6.45, 7) is 4.60. The van der Waals surface area contributed by atoms with Gasteiger partial charge in [0.1, 0.15) is 0 Å². The van der Waals surface area contributed by atoms with Crippen LogP contribution in [0.1, 0.15) is 19.8 Å². The zero-order valence-electron chi connectivity index (χ0n) is 9.36. The van der Waals surface area contributed by atoms with Crippen LogP contribution in [0.15, 0.2) is 12.2 Å². The van der Waals surface area contributed by atoms with Gasteiger partial charge in [-0.1, -0.05) is 6.58 Å². The molecule has 0 aromatic rings. The van der Waals surface area contributed by atoms with Crippen molar-refractivity contribution in [1.29, 1.82) is 0 Å². The Hall–Kier alpha value is -0.910. The Labute approximate surface area is 89.6 Å². The summed E-state index contributed by atoms with van der Waals surface area (Å²) in [5.41, 5.74) is 0.176. The summed E-state index contributed by atoms with van der Waals surface area (Å²) in [4.78, 5) is 9.60. The molecule has 1 N–H and O–H groups in total. The van der Waals surface area contributed by atoms with Crippen molar-refractivity contribution >= 4 is 5.97 Å². The molecule has 15 heavy (non-hydrogen) atoms. The largest absolute Gasteiger partial charge is 0.478 e. The van der Waals surface area contributed by atoms with Crippen LogP contribution in [0.25, 0.3) is 0 Å². The summed E-state index contributed by atoms with van der Waals surface area (Å²) in [6.07, 6.45) is 1.79. The van der Waals surface area contributed by atoms with E-state index in [-0.39, 0.29) is 18.2 Å². The molecule has 1 fully saturated rings. The molecule has 0 aromatic heterocycles. The summed E-state index contributed by atoms with van der Waals surface area (Å²) in [7, 11) is 3.28. The van der Waals surface area contributed by atoms with Gasteiger partial charge < -0.3 is 19.3 Å². The van der Waals surface area contributed by atoms with Crippen molar-refractivity contribution in [2.24, 2.45) is 0 Å². The molecule has 1 rings (SSSR count).